The maximum Gasteiger partial charge on any atom is 0.222 e. The van der Waals surface area contributed by atoms with E-state index in [1.165, 1.54) is 0 Å². The van der Waals surface area contributed by atoms with E-state index in [1.54, 1.807) is 11.1 Å². The zero-order chi connectivity index (χ0) is 44.8. The highest BCUT2D eigenvalue weighted by molar-refractivity contribution is 6.34. The number of amides is 1. The minimum atomic E-state index is -1.82. The Morgan fingerprint density at radius 3 is 2.30 bits per heavy atom. The van der Waals surface area contributed by atoms with Crippen LogP contribution in [0.5, 0.6) is 5.75 Å². The molecule has 0 radical (unpaired) electrons. The van der Waals surface area contributed by atoms with E-state index in [2.05, 4.69) is 11.1 Å². The molecule has 1 aromatic heterocycles. The lowest BCUT2D eigenvalue weighted by Crippen LogP contribution is -2.62. The SMILES string of the molecule is O=C(CCCCc1cc(Cl)c(COC2(c3cnccc3-c3ccccc3OC3CC3)CC2)cc1Cl)N1CCN(C[C@H](O)[C@@H](O)[C@H](OC2O[C@H](CO)[C@H](O)[C@H](O)[C@H]2O)[C@H](O)CO)CC1. The van der Waals surface area contributed by atoms with Crippen LogP contribution < -0.4 is 4.74 Å². The summed E-state index contributed by atoms with van der Waals surface area (Å²) >= 11 is 13.6. The molecule has 3 heterocycles. The van der Waals surface area contributed by atoms with Gasteiger partial charge in [0.25, 0.3) is 0 Å². The van der Waals surface area contributed by atoms with Gasteiger partial charge in [-0.1, -0.05) is 41.4 Å². The van der Waals surface area contributed by atoms with Gasteiger partial charge >= 0.3 is 0 Å². The van der Waals surface area contributed by atoms with Crippen LogP contribution in [0.1, 0.15) is 61.6 Å². The average Bonchev–Trinajstić information content (AvgIpc) is 4.25. The van der Waals surface area contributed by atoms with Gasteiger partial charge in [0.1, 0.15) is 48.5 Å². The van der Waals surface area contributed by atoms with Gasteiger partial charge < -0.3 is 64.7 Å². The number of piperazine rings is 1. The van der Waals surface area contributed by atoms with Crippen LogP contribution in [0.3, 0.4) is 0 Å². The second-order valence-electron chi connectivity index (χ2n) is 17.0. The summed E-state index contributed by atoms with van der Waals surface area (Å²) in [6, 6.07) is 13.9. The third-order valence-corrected chi connectivity index (χ3v) is 13.1. The fraction of sp³-hybridized carbons (Fsp3) is 0.600. The monoisotopic (exact) mass is 919 g/mol. The van der Waals surface area contributed by atoms with Crippen LogP contribution in [0, 0.1) is 0 Å². The number of aromatic nitrogens is 1. The molecule has 4 aliphatic rings. The first-order chi connectivity index (χ1) is 30.3. The first-order valence-corrected chi connectivity index (χ1v) is 22.5. The number of carbonyl (C=O) groups excluding carboxylic acids is 1. The molecule has 1 amide bonds. The molecule has 2 aromatic carbocycles. The summed E-state index contributed by atoms with van der Waals surface area (Å²) in [5.74, 6) is 0.863. The maximum atomic E-state index is 13.1. The number of ether oxygens (including phenoxy) is 4. The highest BCUT2D eigenvalue weighted by atomic mass is 35.5. The van der Waals surface area contributed by atoms with E-state index < -0.39 is 73.9 Å². The lowest BCUT2D eigenvalue weighted by atomic mass is 9.96. The number of hydrogen-bond acceptors (Lipinski definition) is 15. The Morgan fingerprint density at radius 1 is 0.889 bits per heavy atom. The normalized spacial score (nSPS) is 25.6. The lowest BCUT2D eigenvalue weighted by molar-refractivity contribution is -0.327. The van der Waals surface area contributed by atoms with Gasteiger partial charge in [-0.15, -0.1) is 0 Å². The summed E-state index contributed by atoms with van der Waals surface area (Å²) in [6.07, 6.45) is -4.81. The Kier molecular flexibility index (Phi) is 16.4. The van der Waals surface area contributed by atoms with Gasteiger partial charge in [0, 0.05) is 72.7 Å². The van der Waals surface area contributed by atoms with Crippen LogP contribution in [-0.4, -0.2) is 169 Å². The van der Waals surface area contributed by atoms with Crippen molar-refractivity contribution in [3.8, 4) is 16.9 Å². The molecule has 8 N–H and O–H groups in total. The summed E-state index contributed by atoms with van der Waals surface area (Å²) in [5, 5.41) is 83.0. The van der Waals surface area contributed by atoms with Crippen LogP contribution in [0.15, 0.2) is 54.9 Å². The molecule has 2 saturated carbocycles. The van der Waals surface area contributed by atoms with Crippen molar-refractivity contribution < 1.29 is 64.6 Å². The minimum absolute atomic E-state index is 0.00405. The first-order valence-electron chi connectivity index (χ1n) is 21.7. The van der Waals surface area contributed by atoms with E-state index in [0.29, 0.717) is 61.9 Å². The maximum absolute atomic E-state index is 13.1. The predicted molar refractivity (Wildman–Crippen MR) is 230 cm³/mol. The van der Waals surface area contributed by atoms with Crippen molar-refractivity contribution in [3.05, 3.63) is 81.6 Å². The molecular formula is C45H59Cl2N3O13. The molecule has 2 saturated heterocycles. The molecular weight excluding hydrogens is 861 g/mol. The van der Waals surface area contributed by atoms with Gasteiger partial charge in [-0.2, -0.15) is 0 Å². The highest BCUT2D eigenvalue weighted by Crippen LogP contribution is 2.53. The quantitative estimate of drug-likeness (QED) is 0.0714. The summed E-state index contributed by atoms with van der Waals surface area (Å²) in [5.41, 5.74) is 4.29. The molecule has 9 atom stereocenters. The molecule has 3 aromatic rings. The van der Waals surface area contributed by atoms with Crippen molar-refractivity contribution in [1.29, 1.82) is 0 Å². The van der Waals surface area contributed by atoms with Crippen molar-refractivity contribution >= 4 is 29.1 Å². The van der Waals surface area contributed by atoms with Gasteiger partial charge in [-0.3, -0.25) is 14.7 Å². The van der Waals surface area contributed by atoms with Crippen molar-refractivity contribution in [2.75, 3.05) is 45.9 Å². The van der Waals surface area contributed by atoms with E-state index in [4.69, 9.17) is 42.1 Å². The van der Waals surface area contributed by atoms with Crippen molar-refractivity contribution in [1.82, 2.24) is 14.8 Å². The Bertz CT molecular complexity index is 1980. The number of benzene rings is 2. The van der Waals surface area contributed by atoms with Gasteiger partial charge in [-0.25, -0.2) is 0 Å². The zero-order valence-electron chi connectivity index (χ0n) is 35.0. The molecule has 4 fully saturated rings. The van der Waals surface area contributed by atoms with E-state index in [0.717, 1.165) is 59.3 Å². The van der Waals surface area contributed by atoms with Gasteiger partial charge in [0.05, 0.1) is 37.6 Å². The Morgan fingerprint density at radius 2 is 1.60 bits per heavy atom. The topological polar surface area (TPSA) is 235 Å². The van der Waals surface area contributed by atoms with Crippen molar-refractivity contribution in [2.24, 2.45) is 0 Å². The number of halogens is 2. The number of rotatable bonds is 21. The van der Waals surface area contributed by atoms with Crippen molar-refractivity contribution in [2.45, 2.75) is 125 Å². The Labute approximate surface area is 376 Å². The lowest BCUT2D eigenvalue weighted by Gasteiger charge is -2.42. The largest absolute Gasteiger partial charge is 0.490 e. The molecule has 1 unspecified atom stereocenters. The highest BCUT2D eigenvalue weighted by Gasteiger charge is 2.49. The molecule has 2 aliphatic heterocycles. The van der Waals surface area contributed by atoms with E-state index >= 15 is 0 Å². The number of carbonyl (C=O) groups is 1. The van der Waals surface area contributed by atoms with Crippen LogP contribution in [0.25, 0.3) is 11.1 Å². The van der Waals surface area contributed by atoms with Gasteiger partial charge in [-0.05, 0) is 85.9 Å². The van der Waals surface area contributed by atoms with Gasteiger partial charge in [0.2, 0.25) is 5.91 Å². The average molecular weight is 921 g/mol. The number of hydrogen-bond donors (Lipinski definition) is 8. The summed E-state index contributed by atoms with van der Waals surface area (Å²) in [7, 11) is 0. The van der Waals surface area contributed by atoms with E-state index in [1.807, 2.05) is 47.5 Å². The molecule has 0 spiro atoms. The molecule has 2 aliphatic carbocycles. The predicted octanol–water partition coefficient (Wildman–Crippen LogP) is 1.92. The van der Waals surface area contributed by atoms with E-state index in [-0.39, 0.29) is 25.2 Å². The second-order valence-corrected chi connectivity index (χ2v) is 17.9. The number of nitrogens with zero attached hydrogens (tertiary/aromatic N) is 3. The standard InChI is InChI=1S/C45H59Cl2N3O13/c46-32-20-27(25-60-45(12-13-45)31-21-48-14-11-29(31)30-6-2-3-7-36(30)61-28-9-10-28)33(47)19-26(32)5-1-4-8-38(55)50-17-15-49(16-18-50)22-34(53)39(56)43(35(54)23-51)63-44-42(59)41(58)40(57)37(24-52)62-44/h2-3,6-7,11,14,19-21,28,34-35,37,39-44,51-54,56-59H,1,4-5,8-10,12-13,15-18,22-25H2/t34-,35+,37+,39+,40-,41-,42+,43+,44?/m0/s1. The van der Waals surface area contributed by atoms with Crippen LogP contribution in [-0.2, 0) is 37.6 Å². The van der Waals surface area contributed by atoms with Crippen molar-refractivity contribution in [3.63, 3.8) is 0 Å². The third kappa shape index (κ3) is 11.7. The second kappa shape index (κ2) is 21.5. The zero-order valence-corrected chi connectivity index (χ0v) is 36.5. The number of pyridine rings is 1. The number of aliphatic hydroxyl groups is 8. The Hall–Kier alpha value is -3.04. The fourth-order valence-electron chi connectivity index (χ4n) is 8.26. The molecule has 63 heavy (non-hydrogen) atoms. The summed E-state index contributed by atoms with van der Waals surface area (Å²) in [4.78, 5) is 21.2. The Balaban J connectivity index is 0.844. The third-order valence-electron chi connectivity index (χ3n) is 12.4. The fourth-order valence-corrected chi connectivity index (χ4v) is 8.78. The number of para-hydroxylation sites is 1. The molecule has 16 nitrogen and oxygen atoms in total. The van der Waals surface area contributed by atoms with Crippen LogP contribution in [0.2, 0.25) is 10.0 Å². The summed E-state index contributed by atoms with van der Waals surface area (Å²) < 4.78 is 23.7. The molecule has 346 valence electrons. The van der Waals surface area contributed by atoms with Crippen LogP contribution in [0.4, 0.5) is 0 Å². The number of aryl methyl sites for hydroxylation is 1. The minimum Gasteiger partial charge on any atom is -0.490 e. The molecule has 0 bridgehead atoms. The number of aliphatic hydroxyl groups excluding tert-OH is 8. The first kappa shape index (κ1) is 47.9. The number of β-amino-alcohol motifs (C(OH)–C–C–N with tert-alkyl or cyclic N) is 1. The number of unbranched alkanes of at least 4 members (excludes halogenated alkanes) is 1. The van der Waals surface area contributed by atoms with E-state index in [9.17, 15) is 45.6 Å². The molecule has 7 rings (SSSR count). The molecule has 18 heteroatoms. The smallest absolute Gasteiger partial charge is 0.222 e. The van der Waals surface area contributed by atoms with Gasteiger partial charge in [0.15, 0.2) is 6.29 Å². The summed E-state index contributed by atoms with van der Waals surface area (Å²) in [6.45, 7) is 0.188. The van der Waals surface area contributed by atoms with Crippen LogP contribution >= 0.6 is 23.2 Å².